The topological polar surface area (TPSA) is 9.23 Å². The van der Waals surface area contributed by atoms with Crippen molar-refractivity contribution < 1.29 is 4.74 Å². The highest BCUT2D eigenvalue weighted by atomic mass is 16.5. The van der Waals surface area contributed by atoms with Gasteiger partial charge in [0, 0.05) is 13.0 Å². The zero-order chi connectivity index (χ0) is 8.10. The van der Waals surface area contributed by atoms with Crippen molar-refractivity contribution in [1.29, 1.82) is 0 Å². The lowest BCUT2D eigenvalue weighted by Crippen LogP contribution is -2.07. The monoisotopic (exact) mass is 152 g/mol. The standard InChI is InChI=1S/C10H16O/c1-9-5-3-4-6-10(7-9)8-11-2/h3-6,9-10H,7-8H2,1-2H3/t9-,10+/m0/s1. The van der Waals surface area contributed by atoms with Crippen molar-refractivity contribution in [2.75, 3.05) is 13.7 Å². The fourth-order valence-corrected chi connectivity index (χ4v) is 1.45. The Bertz CT molecular complexity index is 158. The maximum absolute atomic E-state index is 5.11. The first kappa shape index (κ1) is 8.54. The van der Waals surface area contributed by atoms with Crippen molar-refractivity contribution in [1.82, 2.24) is 0 Å². The molecule has 0 aromatic carbocycles. The van der Waals surface area contributed by atoms with Gasteiger partial charge in [0.25, 0.3) is 0 Å². The Morgan fingerprint density at radius 1 is 1.36 bits per heavy atom. The molecule has 0 heterocycles. The highest BCUT2D eigenvalue weighted by Crippen LogP contribution is 2.17. The minimum atomic E-state index is 0.602. The molecule has 0 radical (unpaired) electrons. The maximum Gasteiger partial charge on any atom is 0.0525 e. The first-order valence-corrected chi connectivity index (χ1v) is 4.17. The van der Waals surface area contributed by atoms with E-state index < -0.39 is 0 Å². The van der Waals surface area contributed by atoms with Crippen molar-refractivity contribution in [3.05, 3.63) is 24.3 Å². The molecule has 0 aromatic heterocycles. The smallest absolute Gasteiger partial charge is 0.0525 e. The van der Waals surface area contributed by atoms with E-state index in [4.69, 9.17) is 4.74 Å². The third-order valence-corrected chi connectivity index (χ3v) is 1.99. The summed E-state index contributed by atoms with van der Waals surface area (Å²) in [5.74, 6) is 1.29. The van der Waals surface area contributed by atoms with Crippen LogP contribution in [0.15, 0.2) is 24.3 Å². The number of ether oxygens (including phenoxy) is 1. The summed E-state index contributed by atoms with van der Waals surface area (Å²) in [6, 6.07) is 0. The molecule has 1 aliphatic rings. The maximum atomic E-state index is 5.11. The average Bonchev–Trinajstić information content (AvgIpc) is 2.15. The van der Waals surface area contributed by atoms with Crippen molar-refractivity contribution >= 4 is 0 Å². The van der Waals surface area contributed by atoms with Crippen LogP contribution in [0.25, 0.3) is 0 Å². The molecule has 1 heteroatoms. The van der Waals surface area contributed by atoms with E-state index in [9.17, 15) is 0 Å². The van der Waals surface area contributed by atoms with Crippen LogP contribution in [-0.4, -0.2) is 13.7 Å². The van der Waals surface area contributed by atoms with Crippen molar-refractivity contribution in [3.8, 4) is 0 Å². The van der Waals surface area contributed by atoms with E-state index in [0.29, 0.717) is 11.8 Å². The van der Waals surface area contributed by atoms with Gasteiger partial charge in [-0.25, -0.2) is 0 Å². The number of hydrogen-bond acceptors (Lipinski definition) is 1. The first-order valence-electron chi connectivity index (χ1n) is 4.17. The van der Waals surface area contributed by atoms with E-state index in [1.165, 1.54) is 6.42 Å². The van der Waals surface area contributed by atoms with E-state index >= 15 is 0 Å². The number of rotatable bonds is 2. The lowest BCUT2D eigenvalue weighted by molar-refractivity contribution is 0.162. The largest absolute Gasteiger partial charge is 0.384 e. The van der Waals surface area contributed by atoms with E-state index in [1.54, 1.807) is 7.11 Å². The zero-order valence-corrected chi connectivity index (χ0v) is 7.29. The molecular formula is C10H16O. The highest BCUT2D eigenvalue weighted by Gasteiger charge is 2.09. The van der Waals surface area contributed by atoms with Gasteiger partial charge in [0.15, 0.2) is 0 Å². The van der Waals surface area contributed by atoms with Crippen LogP contribution >= 0.6 is 0 Å². The molecule has 0 N–H and O–H groups in total. The molecule has 11 heavy (non-hydrogen) atoms. The lowest BCUT2D eigenvalue weighted by Gasteiger charge is -2.12. The average molecular weight is 152 g/mol. The summed E-state index contributed by atoms with van der Waals surface area (Å²) in [4.78, 5) is 0. The van der Waals surface area contributed by atoms with Gasteiger partial charge in [0.05, 0.1) is 6.61 Å². The van der Waals surface area contributed by atoms with Gasteiger partial charge in [-0.1, -0.05) is 31.2 Å². The van der Waals surface area contributed by atoms with E-state index in [1.807, 2.05) is 0 Å². The summed E-state index contributed by atoms with van der Waals surface area (Å²) in [5.41, 5.74) is 0. The molecular weight excluding hydrogens is 136 g/mol. The quantitative estimate of drug-likeness (QED) is 0.590. The normalized spacial score (nSPS) is 30.4. The van der Waals surface area contributed by atoms with Crippen LogP contribution in [0.5, 0.6) is 0 Å². The van der Waals surface area contributed by atoms with E-state index in [2.05, 4.69) is 31.2 Å². The molecule has 0 saturated carbocycles. The second kappa shape index (κ2) is 4.35. The molecule has 0 amide bonds. The fraction of sp³-hybridized carbons (Fsp3) is 0.600. The van der Waals surface area contributed by atoms with Crippen molar-refractivity contribution in [2.45, 2.75) is 13.3 Å². The Hall–Kier alpha value is -0.560. The van der Waals surface area contributed by atoms with Crippen molar-refractivity contribution in [2.24, 2.45) is 11.8 Å². The summed E-state index contributed by atoms with van der Waals surface area (Å²) in [5, 5.41) is 0. The van der Waals surface area contributed by atoms with Gasteiger partial charge >= 0.3 is 0 Å². The second-order valence-electron chi connectivity index (χ2n) is 3.20. The van der Waals surface area contributed by atoms with Crippen LogP contribution in [0.3, 0.4) is 0 Å². The fourth-order valence-electron chi connectivity index (χ4n) is 1.45. The van der Waals surface area contributed by atoms with E-state index in [-0.39, 0.29) is 0 Å². The first-order chi connectivity index (χ1) is 5.33. The molecule has 62 valence electrons. The number of allylic oxidation sites excluding steroid dienone is 3. The Labute approximate surface area is 68.8 Å². The molecule has 0 saturated heterocycles. The van der Waals surface area contributed by atoms with Crippen LogP contribution in [0.1, 0.15) is 13.3 Å². The third-order valence-electron chi connectivity index (χ3n) is 1.99. The minimum absolute atomic E-state index is 0.602. The minimum Gasteiger partial charge on any atom is -0.384 e. The van der Waals surface area contributed by atoms with E-state index in [0.717, 1.165) is 6.61 Å². The molecule has 0 unspecified atom stereocenters. The molecule has 2 atom stereocenters. The molecule has 1 nitrogen and oxygen atoms in total. The van der Waals surface area contributed by atoms with Crippen LogP contribution in [0.2, 0.25) is 0 Å². The Kier molecular flexibility index (Phi) is 3.37. The second-order valence-corrected chi connectivity index (χ2v) is 3.20. The third kappa shape index (κ3) is 2.89. The molecule has 0 aliphatic heterocycles. The van der Waals surface area contributed by atoms with Gasteiger partial charge in [0.1, 0.15) is 0 Å². The Morgan fingerprint density at radius 2 is 2.09 bits per heavy atom. The summed E-state index contributed by atoms with van der Waals surface area (Å²) in [6.07, 6.45) is 9.92. The van der Waals surface area contributed by atoms with Gasteiger partial charge < -0.3 is 4.74 Å². The lowest BCUT2D eigenvalue weighted by atomic mass is 9.98. The highest BCUT2D eigenvalue weighted by molar-refractivity contribution is 5.09. The van der Waals surface area contributed by atoms with Crippen LogP contribution in [-0.2, 0) is 4.74 Å². The van der Waals surface area contributed by atoms with Gasteiger partial charge in [-0.05, 0) is 12.3 Å². The predicted molar refractivity (Wildman–Crippen MR) is 47.4 cm³/mol. The van der Waals surface area contributed by atoms with Gasteiger partial charge in [0.2, 0.25) is 0 Å². The number of methoxy groups -OCH3 is 1. The summed E-state index contributed by atoms with van der Waals surface area (Å²) in [7, 11) is 1.76. The Balaban J connectivity index is 2.43. The summed E-state index contributed by atoms with van der Waals surface area (Å²) >= 11 is 0. The summed E-state index contributed by atoms with van der Waals surface area (Å²) < 4.78 is 5.11. The molecule has 0 spiro atoms. The molecule has 1 aliphatic carbocycles. The Morgan fingerprint density at radius 3 is 2.82 bits per heavy atom. The molecule has 1 rings (SSSR count). The van der Waals surface area contributed by atoms with Crippen LogP contribution < -0.4 is 0 Å². The van der Waals surface area contributed by atoms with Crippen LogP contribution in [0, 0.1) is 11.8 Å². The zero-order valence-electron chi connectivity index (χ0n) is 7.29. The van der Waals surface area contributed by atoms with Gasteiger partial charge in [-0.3, -0.25) is 0 Å². The molecule has 0 aromatic rings. The summed E-state index contributed by atoms with van der Waals surface area (Å²) in [6.45, 7) is 3.09. The van der Waals surface area contributed by atoms with Crippen molar-refractivity contribution in [3.63, 3.8) is 0 Å². The van der Waals surface area contributed by atoms with Gasteiger partial charge in [-0.2, -0.15) is 0 Å². The predicted octanol–water partition coefficient (Wildman–Crippen LogP) is 2.40. The number of hydrogen-bond donors (Lipinski definition) is 0. The van der Waals surface area contributed by atoms with Gasteiger partial charge in [-0.15, -0.1) is 0 Å². The SMILES string of the molecule is COC[C@@H]1C=CC=C[C@H](C)C1. The molecule has 0 fully saturated rings. The van der Waals surface area contributed by atoms with Crippen LogP contribution in [0.4, 0.5) is 0 Å². The molecule has 0 bridgehead atoms.